The van der Waals surface area contributed by atoms with E-state index in [1.165, 1.54) is 0 Å². The zero-order chi connectivity index (χ0) is 11.7. The fourth-order valence-corrected chi connectivity index (χ4v) is 1.79. The fourth-order valence-electron chi connectivity index (χ4n) is 1.01. The zero-order valence-corrected chi connectivity index (χ0v) is 10.4. The van der Waals surface area contributed by atoms with E-state index in [4.69, 9.17) is 10.8 Å². The Kier molecular flexibility index (Phi) is 7.82. The molecule has 0 aliphatic heterocycles. The van der Waals surface area contributed by atoms with Gasteiger partial charge in [0.25, 0.3) is 0 Å². The van der Waals surface area contributed by atoms with E-state index < -0.39 is 5.54 Å². The Labute approximate surface area is 96.0 Å². The van der Waals surface area contributed by atoms with Gasteiger partial charge in [0.1, 0.15) is 0 Å². The number of hydrogen-bond donors (Lipinski definition) is 3. The first-order valence-corrected chi connectivity index (χ1v) is 6.35. The molecular weight excluding hydrogens is 212 g/mol. The van der Waals surface area contributed by atoms with Gasteiger partial charge in [0, 0.05) is 30.9 Å². The van der Waals surface area contributed by atoms with Crippen molar-refractivity contribution in [1.29, 1.82) is 0 Å². The number of carbonyl (C=O) groups excluding carboxylic acids is 1. The van der Waals surface area contributed by atoms with Crippen LogP contribution in [0.15, 0.2) is 0 Å². The van der Waals surface area contributed by atoms with Crippen LogP contribution in [0.25, 0.3) is 0 Å². The van der Waals surface area contributed by atoms with Crippen LogP contribution in [0, 0.1) is 0 Å². The molecule has 0 saturated heterocycles. The number of aliphatic hydroxyl groups excluding tert-OH is 1. The molecule has 15 heavy (non-hydrogen) atoms. The molecule has 1 amide bonds. The molecule has 4 N–H and O–H groups in total. The minimum absolute atomic E-state index is 0.00487. The number of carbonyl (C=O) groups is 1. The summed E-state index contributed by atoms with van der Waals surface area (Å²) < 4.78 is 0. The maximum absolute atomic E-state index is 11.3. The number of rotatable bonds is 8. The molecule has 0 heterocycles. The van der Waals surface area contributed by atoms with Gasteiger partial charge >= 0.3 is 0 Å². The SMILES string of the molecule is CC(C)(N)CC(=O)NCCSCCCO. The fraction of sp³-hybridized carbons (Fsp3) is 0.900. The van der Waals surface area contributed by atoms with Crippen molar-refractivity contribution in [1.82, 2.24) is 5.32 Å². The number of thioether (sulfide) groups is 1. The summed E-state index contributed by atoms with van der Waals surface area (Å²) in [5.74, 6) is 1.83. The lowest BCUT2D eigenvalue weighted by molar-refractivity contribution is -0.121. The predicted molar refractivity (Wildman–Crippen MR) is 64.9 cm³/mol. The van der Waals surface area contributed by atoms with Crippen molar-refractivity contribution >= 4 is 17.7 Å². The van der Waals surface area contributed by atoms with Crippen molar-refractivity contribution in [2.45, 2.75) is 32.2 Å². The van der Waals surface area contributed by atoms with Crippen LogP contribution >= 0.6 is 11.8 Å². The van der Waals surface area contributed by atoms with Gasteiger partial charge in [-0.05, 0) is 26.0 Å². The van der Waals surface area contributed by atoms with Gasteiger partial charge in [0.15, 0.2) is 0 Å². The lowest BCUT2D eigenvalue weighted by Crippen LogP contribution is -2.39. The maximum atomic E-state index is 11.3. The maximum Gasteiger partial charge on any atom is 0.221 e. The largest absolute Gasteiger partial charge is 0.396 e. The van der Waals surface area contributed by atoms with Crippen molar-refractivity contribution in [2.24, 2.45) is 5.73 Å². The van der Waals surface area contributed by atoms with E-state index in [2.05, 4.69) is 5.32 Å². The van der Waals surface area contributed by atoms with Gasteiger partial charge < -0.3 is 16.2 Å². The van der Waals surface area contributed by atoms with Crippen molar-refractivity contribution in [3.05, 3.63) is 0 Å². The first-order valence-electron chi connectivity index (χ1n) is 5.20. The second-order valence-corrected chi connectivity index (χ2v) is 5.43. The van der Waals surface area contributed by atoms with Crippen LogP contribution < -0.4 is 11.1 Å². The van der Waals surface area contributed by atoms with Crippen molar-refractivity contribution in [3.63, 3.8) is 0 Å². The van der Waals surface area contributed by atoms with Crippen LogP contribution in [0.3, 0.4) is 0 Å². The zero-order valence-electron chi connectivity index (χ0n) is 9.58. The van der Waals surface area contributed by atoms with Gasteiger partial charge in [0.05, 0.1) is 0 Å². The highest BCUT2D eigenvalue weighted by Crippen LogP contribution is 2.03. The Morgan fingerprint density at radius 2 is 2.13 bits per heavy atom. The molecule has 5 heteroatoms. The molecule has 0 aromatic heterocycles. The van der Waals surface area contributed by atoms with E-state index in [9.17, 15) is 4.79 Å². The number of amides is 1. The van der Waals surface area contributed by atoms with Crippen LogP contribution in [-0.4, -0.2) is 41.2 Å². The Morgan fingerprint density at radius 1 is 1.47 bits per heavy atom. The minimum Gasteiger partial charge on any atom is -0.396 e. The molecule has 0 bridgehead atoms. The third-order valence-corrected chi connectivity index (χ3v) is 2.70. The van der Waals surface area contributed by atoms with Gasteiger partial charge in [-0.25, -0.2) is 0 Å². The highest BCUT2D eigenvalue weighted by Gasteiger charge is 2.15. The number of hydrogen-bond acceptors (Lipinski definition) is 4. The molecule has 0 spiro atoms. The van der Waals surface area contributed by atoms with Gasteiger partial charge in [-0.2, -0.15) is 11.8 Å². The molecular formula is C10H22N2O2S. The predicted octanol–water partition coefficient (Wildman–Crippen LogP) is 0.346. The van der Waals surface area contributed by atoms with Crippen LogP contribution in [0.2, 0.25) is 0 Å². The van der Waals surface area contributed by atoms with Crippen LogP contribution in [0.1, 0.15) is 26.7 Å². The van der Waals surface area contributed by atoms with E-state index in [0.29, 0.717) is 13.0 Å². The molecule has 0 saturated carbocycles. The van der Waals surface area contributed by atoms with Crippen LogP contribution in [-0.2, 0) is 4.79 Å². The van der Waals surface area contributed by atoms with Gasteiger partial charge in [-0.3, -0.25) is 4.79 Å². The molecule has 0 rings (SSSR count). The third kappa shape index (κ3) is 11.7. The third-order valence-electron chi connectivity index (χ3n) is 1.63. The van der Waals surface area contributed by atoms with Gasteiger partial charge in [-0.1, -0.05) is 0 Å². The Morgan fingerprint density at radius 3 is 2.67 bits per heavy atom. The number of aliphatic hydroxyl groups is 1. The van der Waals surface area contributed by atoms with E-state index in [0.717, 1.165) is 17.9 Å². The molecule has 0 aromatic carbocycles. The van der Waals surface area contributed by atoms with Crippen molar-refractivity contribution in [3.8, 4) is 0 Å². The van der Waals surface area contributed by atoms with Crippen molar-refractivity contribution < 1.29 is 9.90 Å². The normalized spacial score (nSPS) is 11.5. The van der Waals surface area contributed by atoms with E-state index >= 15 is 0 Å². The summed E-state index contributed by atoms with van der Waals surface area (Å²) in [5.41, 5.74) is 5.28. The average molecular weight is 234 g/mol. The minimum atomic E-state index is -0.436. The van der Waals surface area contributed by atoms with Gasteiger partial charge in [-0.15, -0.1) is 0 Å². The first kappa shape index (κ1) is 14.7. The Balaban J connectivity index is 3.32. The van der Waals surface area contributed by atoms with E-state index in [-0.39, 0.29) is 12.5 Å². The molecule has 0 aliphatic carbocycles. The van der Waals surface area contributed by atoms with Crippen molar-refractivity contribution in [2.75, 3.05) is 24.7 Å². The van der Waals surface area contributed by atoms with E-state index in [1.54, 1.807) is 11.8 Å². The average Bonchev–Trinajstić information content (AvgIpc) is 2.08. The molecule has 0 fully saturated rings. The monoisotopic (exact) mass is 234 g/mol. The second kappa shape index (κ2) is 7.96. The standard InChI is InChI=1S/C10H22N2O2S/c1-10(2,11)8-9(14)12-4-7-15-6-3-5-13/h13H,3-8,11H2,1-2H3,(H,12,14). The smallest absolute Gasteiger partial charge is 0.221 e. The lowest BCUT2D eigenvalue weighted by atomic mass is 10.0. The number of nitrogens with two attached hydrogens (primary N) is 1. The van der Waals surface area contributed by atoms with E-state index in [1.807, 2.05) is 13.8 Å². The summed E-state index contributed by atoms with van der Waals surface area (Å²) >= 11 is 1.73. The summed E-state index contributed by atoms with van der Waals surface area (Å²) in [5, 5.41) is 11.4. The summed E-state index contributed by atoms with van der Waals surface area (Å²) in [6.07, 6.45) is 1.17. The summed E-state index contributed by atoms with van der Waals surface area (Å²) in [4.78, 5) is 11.3. The molecule has 90 valence electrons. The molecule has 0 aromatic rings. The Hall–Kier alpha value is -0.260. The lowest BCUT2D eigenvalue weighted by Gasteiger charge is -2.17. The van der Waals surface area contributed by atoms with Gasteiger partial charge in [0.2, 0.25) is 5.91 Å². The first-order chi connectivity index (χ1) is 6.95. The highest BCUT2D eigenvalue weighted by atomic mass is 32.2. The second-order valence-electron chi connectivity index (χ2n) is 4.20. The summed E-state index contributed by atoms with van der Waals surface area (Å²) in [6.45, 7) is 4.58. The van der Waals surface area contributed by atoms with Crippen LogP contribution in [0.4, 0.5) is 0 Å². The van der Waals surface area contributed by atoms with Crippen LogP contribution in [0.5, 0.6) is 0 Å². The molecule has 4 nitrogen and oxygen atoms in total. The molecule has 0 radical (unpaired) electrons. The summed E-state index contributed by atoms with van der Waals surface area (Å²) in [6, 6.07) is 0. The highest BCUT2D eigenvalue weighted by molar-refractivity contribution is 7.99. The quantitative estimate of drug-likeness (QED) is 0.530. The number of nitrogens with one attached hydrogen (secondary N) is 1. The summed E-state index contributed by atoms with van der Waals surface area (Å²) in [7, 11) is 0. The molecule has 0 aliphatic rings. The Bertz CT molecular complexity index is 181. The molecule has 0 unspecified atom stereocenters. The topological polar surface area (TPSA) is 75.4 Å². The molecule has 0 atom stereocenters.